The largest absolute Gasteiger partial charge is 0.447 e. The summed E-state index contributed by atoms with van der Waals surface area (Å²) in [5, 5.41) is 0. The number of ether oxygens (including phenoxy) is 1. The molecular formula is C17H25NO3. The maximum Gasteiger partial charge on any atom is 0.416 e. The van der Waals surface area contributed by atoms with E-state index in [9.17, 15) is 9.59 Å². The van der Waals surface area contributed by atoms with Crippen molar-refractivity contribution in [1.82, 2.24) is 4.90 Å². The van der Waals surface area contributed by atoms with E-state index in [1.165, 1.54) is 4.90 Å². The van der Waals surface area contributed by atoms with Crippen LogP contribution in [0.4, 0.5) is 4.79 Å². The molecule has 0 aromatic heterocycles. The van der Waals surface area contributed by atoms with Gasteiger partial charge in [-0.3, -0.25) is 4.79 Å². The third-order valence-electron chi connectivity index (χ3n) is 3.13. The summed E-state index contributed by atoms with van der Waals surface area (Å²) < 4.78 is 5.02. The van der Waals surface area contributed by atoms with Crippen LogP contribution in [0.2, 0.25) is 0 Å². The van der Waals surface area contributed by atoms with Crippen molar-refractivity contribution in [2.75, 3.05) is 6.61 Å². The van der Waals surface area contributed by atoms with Gasteiger partial charge in [-0.1, -0.05) is 58.0 Å². The second-order valence-electron chi connectivity index (χ2n) is 5.28. The van der Waals surface area contributed by atoms with Crippen molar-refractivity contribution in [3.63, 3.8) is 0 Å². The van der Waals surface area contributed by atoms with Gasteiger partial charge in [0.25, 0.3) is 0 Å². The zero-order valence-corrected chi connectivity index (χ0v) is 13.3. The third kappa shape index (κ3) is 4.88. The minimum absolute atomic E-state index is 0.140. The van der Waals surface area contributed by atoms with Crippen molar-refractivity contribution in [1.29, 1.82) is 0 Å². The summed E-state index contributed by atoms with van der Waals surface area (Å²) in [6.07, 6.45) is 0.517. The Morgan fingerprint density at radius 3 is 2.48 bits per heavy atom. The van der Waals surface area contributed by atoms with Gasteiger partial charge in [0.2, 0.25) is 5.91 Å². The highest BCUT2D eigenvalue weighted by Crippen LogP contribution is 2.19. The molecular weight excluding hydrogens is 266 g/mol. The van der Waals surface area contributed by atoms with E-state index in [0.29, 0.717) is 12.8 Å². The van der Waals surface area contributed by atoms with Crippen molar-refractivity contribution >= 4 is 12.0 Å². The number of carbonyl (C=O) groups excluding carboxylic acids is 2. The fourth-order valence-electron chi connectivity index (χ4n) is 2.25. The Labute approximate surface area is 127 Å². The fraction of sp³-hybridized carbons (Fsp3) is 0.529. The molecule has 4 heteroatoms. The third-order valence-corrected chi connectivity index (χ3v) is 3.13. The van der Waals surface area contributed by atoms with E-state index >= 15 is 0 Å². The molecule has 2 rings (SSSR count). The first kappa shape index (κ1) is 17.2. The molecule has 0 aliphatic carbocycles. The van der Waals surface area contributed by atoms with Crippen LogP contribution in [0.3, 0.4) is 0 Å². The molecule has 1 aliphatic heterocycles. The number of cyclic esters (lactones) is 1. The lowest BCUT2D eigenvalue weighted by atomic mass is 10.0. The summed E-state index contributed by atoms with van der Waals surface area (Å²) in [6.45, 7) is 8.22. The molecule has 21 heavy (non-hydrogen) atoms. The Balaban J connectivity index is 0.00000106. The number of nitrogens with zero attached hydrogens (tertiary/aromatic N) is 1. The maximum atomic E-state index is 12.1. The Hall–Kier alpha value is -1.84. The molecule has 1 heterocycles. The van der Waals surface area contributed by atoms with Crippen LogP contribution < -0.4 is 0 Å². The standard InChI is InChI=1S/C15H19NO3.C2H6/c1-11(2)8-14(17)16-13(10-19-15(16)18)9-12-6-4-3-5-7-12;1-2/h3-7,11,13H,8-10H2,1-2H3;1-2H3/t13-;/m0./s1. The zero-order chi connectivity index (χ0) is 15.8. The first-order chi connectivity index (χ1) is 10.1. The van der Waals surface area contributed by atoms with E-state index < -0.39 is 6.09 Å². The van der Waals surface area contributed by atoms with Crippen LogP contribution in [0.1, 0.15) is 39.7 Å². The van der Waals surface area contributed by atoms with Gasteiger partial charge in [-0.05, 0) is 17.9 Å². The molecule has 0 N–H and O–H groups in total. The first-order valence-corrected chi connectivity index (χ1v) is 7.60. The van der Waals surface area contributed by atoms with Crippen LogP contribution >= 0.6 is 0 Å². The quantitative estimate of drug-likeness (QED) is 0.850. The molecule has 0 unspecified atom stereocenters. The number of rotatable bonds is 4. The Bertz CT molecular complexity index is 456. The van der Waals surface area contributed by atoms with E-state index in [2.05, 4.69) is 0 Å². The van der Waals surface area contributed by atoms with Gasteiger partial charge in [0, 0.05) is 6.42 Å². The van der Waals surface area contributed by atoms with Crippen molar-refractivity contribution < 1.29 is 14.3 Å². The Kier molecular flexibility index (Phi) is 6.92. The highest BCUT2D eigenvalue weighted by molar-refractivity contribution is 5.93. The van der Waals surface area contributed by atoms with Gasteiger partial charge < -0.3 is 4.74 Å². The van der Waals surface area contributed by atoms with E-state index in [0.717, 1.165) is 5.56 Å². The SMILES string of the molecule is CC.CC(C)CC(=O)N1C(=O)OC[C@@H]1Cc1ccccc1. The molecule has 0 spiro atoms. The van der Waals surface area contributed by atoms with Gasteiger partial charge >= 0.3 is 6.09 Å². The number of amides is 2. The summed E-state index contributed by atoms with van der Waals surface area (Å²) in [4.78, 5) is 25.1. The molecule has 1 aliphatic rings. The number of hydrogen-bond donors (Lipinski definition) is 0. The number of imide groups is 1. The molecule has 4 nitrogen and oxygen atoms in total. The molecule has 0 saturated carbocycles. The lowest BCUT2D eigenvalue weighted by Crippen LogP contribution is -2.40. The topological polar surface area (TPSA) is 46.6 Å². The van der Waals surface area contributed by atoms with Gasteiger partial charge in [-0.15, -0.1) is 0 Å². The zero-order valence-electron chi connectivity index (χ0n) is 13.3. The minimum Gasteiger partial charge on any atom is -0.447 e. The highest BCUT2D eigenvalue weighted by Gasteiger charge is 2.37. The number of benzene rings is 1. The van der Waals surface area contributed by atoms with Crippen molar-refractivity contribution in [2.45, 2.75) is 46.6 Å². The van der Waals surface area contributed by atoms with Crippen molar-refractivity contribution in [2.24, 2.45) is 5.92 Å². The summed E-state index contributed by atoms with van der Waals surface area (Å²) in [5.74, 6) is 0.0942. The summed E-state index contributed by atoms with van der Waals surface area (Å²) >= 11 is 0. The van der Waals surface area contributed by atoms with Crippen molar-refractivity contribution in [3.05, 3.63) is 35.9 Å². The molecule has 0 bridgehead atoms. The predicted molar refractivity (Wildman–Crippen MR) is 82.9 cm³/mol. The number of carbonyl (C=O) groups is 2. The molecule has 1 saturated heterocycles. The van der Waals surface area contributed by atoms with E-state index in [1.807, 2.05) is 58.0 Å². The average Bonchev–Trinajstić information content (AvgIpc) is 2.82. The smallest absolute Gasteiger partial charge is 0.416 e. The van der Waals surface area contributed by atoms with Gasteiger partial charge in [0.1, 0.15) is 6.61 Å². The molecule has 1 atom stereocenters. The number of hydrogen-bond acceptors (Lipinski definition) is 3. The first-order valence-electron chi connectivity index (χ1n) is 7.60. The molecule has 116 valence electrons. The van der Waals surface area contributed by atoms with Crippen LogP contribution in [-0.4, -0.2) is 29.5 Å². The monoisotopic (exact) mass is 291 g/mol. The Morgan fingerprint density at radius 1 is 1.29 bits per heavy atom. The second-order valence-corrected chi connectivity index (χ2v) is 5.28. The van der Waals surface area contributed by atoms with E-state index in [1.54, 1.807) is 0 Å². The second kappa shape index (κ2) is 8.45. The lowest BCUT2D eigenvalue weighted by Gasteiger charge is -2.20. The van der Waals surface area contributed by atoms with Gasteiger partial charge in [0.15, 0.2) is 0 Å². The average molecular weight is 291 g/mol. The molecule has 1 fully saturated rings. The molecule has 1 aromatic carbocycles. The predicted octanol–water partition coefficient (Wildman–Crippen LogP) is 3.65. The van der Waals surface area contributed by atoms with Crippen LogP contribution in [0, 0.1) is 5.92 Å². The molecule has 0 radical (unpaired) electrons. The van der Waals surface area contributed by atoms with E-state index in [4.69, 9.17) is 4.74 Å². The van der Waals surface area contributed by atoms with Crippen LogP contribution in [0.25, 0.3) is 0 Å². The summed E-state index contributed by atoms with van der Waals surface area (Å²) in [7, 11) is 0. The van der Waals surface area contributed by atoms with Gasteiger partial charge in [0.05, 0.1) is 6.04 Å². The van der Waals surface area contributed by atoms with Crippen LogP contribution in [0.5, 0.6) is 0 Å². The van der Waals surface area contributed by atoms with Crippen LogP contribution in [-0.2, 0) is 16.0 Å². The summed E-state index contributed by atoms with van der Waals surface area (Å²) in [5.41, 5.74) is 1.10. The highest BCUT2D eigenvalue weighted by atomic mass is 16.6. The van der Waals surface area contributed by atoms with Gasteiger partial charge in [-0.25, -0.2) is 9.69 Å². The minimum atomic E-state index is -0.508. The molecule has 1 aromatic rings. The lowest BCUT2D eigenvalue weighted by molar-refractivity contribution is -0.129. The summed E-state index contributed by atoms with van der Waals surface area (Å²) in [6, 6.07) is 9.66. The maximum absolute atomic E-state index is 12.1. The fourth-order valence-corrected chi connectivity index (χ4v) is 2.25. The van der Waals surface area contributed by atoms with Crippen molar-refractivity contribution in [3.8, 4) is 0 Å². The normalized spacial score (nSPS) is 17.3. The van der Waals surface area contributed by atoms with E-state index in [-0.39, 0.29) is 24.5 Å². The Morgan fingerprint density at radius 2 is 1.90 bits per heavy atom. The molecule has 2 amide bonds. The van der Waals surface area contributed by atoms with Crippen LogP contribution in [0.15, 0.2) is 30.3 Å². The van der Waals surface area contributed by atoms with Gasteiger partial charge in [-0.2, -0.15) is 0 Å².